The molecule has 0 aromatic heterocycles. The van der Waals surface area contributed by atoms with E-state index in [2.05, 4.69) is 5.32 Å². The van der Waals surface area contributed by atoms with Gasteiger partial charge >= 0.3 is 0 Å². The maximum absolute atomic E-state index is 13.1. The average Bonchev–Trinajstić information content (AvgIpc) is 3.34. The number of likely N-dealkylation sites (tertiary alicyclic amines) is 1. The Kier molecular flexibility index (Phi) is 4.41. The second-order valence-corrected chi connectivity index (χ2v) is 8.28. The van der Waals surface area contributed by atoms with Gasteiger partial charge in [-0.05, 0) is 50.7 Å². The molecule has 5 nitrogen and oxygen atoms in total. The second-order valence-electron chi connectivity index (χ2n) is 8.28. The third kappa shape index (κ3) is 2.97. The topological polar surface area (TPSA) is 58.6 Å². The number of hydrogen-bond donors (Lipinski definition) is 1. The van der Waals surface area contributed by atoms with Crippen molar-refractivity contribution in [3.63, 3.8) is 0 Å². The molecule has 1 aliphatic heterocycles. The largest absolute Gasteiger partial charge is 0.496 e. The molecule has 1 unspecified atom stereocenters. The molecule has 1 spiro atoms. The molecule has 140 valence electrons. The van der Waals surface area contributed by atoms with Crippen LogP contribution < -0.4 is 10.1 Å². The van der Waals surface area contributed by atoms with E-state index in [1.807, 2.05) is 30.0 Å². The molecule has 2 saturated carbocycles. The van der Waals surface area contributed by atoms with Crippen molar-refractivity contribution in [1.82, 2.24) is 10.2 Å². The van der Waals surface area contributed by atoms with Crippen LogP contribution in [-0.2, 0) is 4.79 Å². The Hall–Kier alpha value is -2.04. The van der Waals surface area contributed by atoms with Crippen LogP contribution in [0.3, 0.4) is 0 Å². The van der Waals surface area contributed by atoms with Crippen molar-refractivity contribution in [2.75, 3.05) is 26.7 Å². The van der Waals surface area contributed by atoms with Crippen LogP contribution >= 0.6 is 0 Å². The summed E-state index contributed by atoms with van der Waals surface area (Å²) in [4.78, 5) is 27.8. The van der Waals surface area contributed by atoms with Gasteiger partial charge in [0, 0.05) is 36.2 Å². The fourth-order valence-electron chi connectivity index (χ4n) is 4.55. The lowest BCUT2D eigenvalue weighted by Crippen LogP contribution is -2.45. The number of carbonyl (C=O) groups excluding carboxylic acids is 2. The van der Waals surface area contributed by atoms with Crippen LogP contribution in [0.5, 0.6) is 5.75 Å². The Morgan fingerprint density at radius 2 is 2.08 bits per heavy atom. The molecule has 2 aliphatic carbocycles. The van der Waals surface area contributed by atoms with Crippen LogP contribution in [0.25, 0.3) is 0 Å². The Morgan fingerprint density at radius 1 is 1.31 bits per heavy atom. The third-order valence-corrected chi connectivity index (χ3v) is 6.60. The lowest BCUT2D eigenvalue weighted by atomic mass is 9.62. The van der Waals surface area contributed by atoms with Crippen molar-refractivity contribution in [3.05, 3.63) is 29.3 Å². The molecule has 5 heteroatoms. The van der Waals surface area contributed by atoms with Gasteiger partial charge in [-0.25, -0.2) is 0 Å². The van der Waals surface area contributed by atoms with Crippen molar-refractivity contribution in [2.24, 2.45) is 17.3 Å². The molecule has 0 radical (unpaired) electrons. The zero-order chi connectivity index (χ0) is 18.3. The predicted molar refractivity (Wildman–Crippen MR) is 99.1 cm³/mol. The highest BCUT2D eigenvalue weighted by Crippen LogP contribution is 2.52. The Labute approximate surface area is 155 Å². The number of benzene rings is 1. The van der Waals surface area contributed by atoms with Crippen molar-refractivity contribution < 1.29 is 14.3 Å². The summed E-state index contributed by atoms with van der Waals surface area (Å²) in [5, 5.41) is 3.14. The van der Waals surface area contributed by atoms with Crippen LogP contribution in [0.2, 0.25) is 0 Å². The van der Waals surface area contributed by atoms with Crippen LogP contribution in [0.1, 0.15) is 48.0 Å². The molecule has 3 fully saturated rings. The fourth-order valence-corrected chi connectivity index (χ4v) is 4.55. The van der Waals surface area contributed by atoms with Gasteiger partial charge in [0.15, 0.2) is 0 Å². The number of rotatable bonds is 5. The van der Waals surface area contributed by atoms with Gasteiger partial charge in [0.05, 0.1) is 13.0 Å². The number of nitrogens with one attached hydrogen (secondary N) is 1. The van der Waals surface area contributed by atoms with Crippen LogP contribution in [0.15, 0.2) is 18.2 Å². The van der Waals surface area contributed by atoms with Gasteiger partial charge in [-0.15, -0.1) is 0 Å². The number of ether oxygens (including phenoxy) is 1. The highest BCUT2D eigenvalue weighted by molar-refractivity contribution is 5.97. The highest BCUT2D eigenvalue weighted by atomic mass is 16.5. The smallest absolute Gasteiger partial charge is 0.254 e. The molecule has 1 N–H and O–H groups in total. The standard InChI is InChI=1S/C21H28N2O3/c1-14-16(5-3-6-18(14)26-2)20(25)23-12-17(21(13-23)9-4-10-21)19(24)22-11-15-7-8-15/h3,5-6,15,17H,4,7-13H2,1-2H3,(H,22,24). The van der Waals surface area contributed by atoms with Gasteiger partial charge in [0.25, 0.3) is 5.91 Å². The molecular formula is C21H28N2O3. The molecular weight excluding hydrogens is 328 g/mol. The van der Waals surface area contributed by atoms with Gasteiger partial charge in [0.2, 0.25) is 5.91 Å². The minimum atomic E-state index is -0.0649. The third-order valence-electron chi connectivity index (χ3n) is 6.60. The number of amides is 2. The maximum Gasteiger partial charge on any atom is 0.254 e. The first-order chi connectivity index (χ1) is 12.5. The zero-order valence-corrected chi connectivity index (χ0v) is 15.7. The Bertz CT molecular complexity index is 722. The van der Waals surface area contributed by atoms with Gasteiger partial charge in [-0.2, -0.15) is 0 Å². The molecule has 1 aromatic carbocycles. The molecule has 1 atom stereocenters. The number of hydrogen-bond acceptors (Lipinski definition) is 3. The summed E-state index contributed by atoms with van der Waals surface area (Å²) in [7, 11) is 1.62. The van der Waals surface area contributed by atoms with Crippen LogP contribution in [0.4, 0.5) is 0 Å². The first kappa shape index (κ1) is 17.4. The molecule has 3 aliphatic rings. The van der Waals surface area contributed by atoms with Gasteiger partial charge < -0.3 is 15.0 Å². The summed E-state index contributed by atoms with van der Waals surface area (Å²) < 4.78 is 5.36. The Morgan fingerprint density at radius 3 is 2.69 bits per heavy atom. The summed E-state index contributed by atoms with van der Waals surface area (Å²) in [6, 6.07) is 5.58. The molecule has 0 bridgehead atoms. The molecule has 26 heavy (non-hydrogen) atoms. The van der Waals surface area contributed by atoms with E-state index in [-0.39, 0.29) is 23.1 Å². The van der Waals surface area contributed by atoms with Crippen LogP contribution in [0, 0.1) is 24.2 Å². The van der Waals surface area contributed by atoms with Gasteiger partial charge in [-0.3, -0.25) is 9.59 Å². The monoisotopic (exact) mass is 356 g/mol. The summed E-state index contributed by atoms with van der Waals surface area (Å²) in [6.45, 7) is 3.95. The lowest BCUT2D eigenvalue weighted by molar-refractivity contribution is -0.129. The minimum Gasteiger partial charge on any atom is -0.496 e. The minimum absolute atomic E-state index is 0.00390. The molecule has 1 saturated heterocycles. The molecule has 1 heterocycles. The number of methoxy groups -OCH3 is 1. The fraction of sp³-hybridized carbons (Fsp3) is 0.619. The highest BCUT2D eigenvalue weighted by Gasteiger charge is 2.54. The van der Waals surface area contributed by atoms with Gasteiger partial charge in [0.1, 0.15) is 5.75 Å². The SMILES string of the molecule is COc1cccc(C(=O)N2CC(C(=O)NCC3CC3)C3(CCC3)C2)c1C. The molecule has 2 amide bonds. The predicted octanol–water partition coefficient (Wildman–Crippen LogP) is 2.77. The summed E-state index contributed by atoms with van der Waals surface area (Å²) in [6.07, 6.45) is 5.73. The van der Waals surface area contributed by atoms with E-state index in [0.717, 1.165) is 37.1 Å². The first-order valence-corrected chi connectivity index (χ1v) is 9.75. The van der Waals surface area contributed by atoms with E-state index < -0.39 is 0 Å². The van der Waals surface area contributed by atoms with E-state index >= 15 is 0 Å². The normalized spacial score (nSPS) is 23.6. The van der Waals surface area contributed by atoms with E-state index in [1.165, 1.54) is 12.8 Å². The first-order valence-electron chi connectivity index (χ1n) is 9.75. The van der Waals surface area contributed by atoms with E-state index in [9.17, 15) is 9.59 Å². The summed E-state index contributed by atoms with van der Waals surface area (Å²) in [5.41, 5.74) is 1.54. The van der Waals surface area contributed by atoms with E-state index in [4.69, 9.17) is 4.74 Å². The van der Waals surface area contributed by atoms with E-state index in [0.29, 0.717) is 24.6 Å². The summed E-state index contributed by atoms with van der Waals surface area (Å²) >= 11 is 0. The van der Waals surface area contributed by atoms with Crippen molar-refractivity contribution in [3.8, 4) is 5.75 Å². The Balaban J connectivity index is 1.51. The summed E-state index contributed by atoms with van der Waals surface area (Å²) in [5.74, 6) is 1.51. The van der Waals surface area contributed by atoms with E-state index in [1.54, 1.807) is 7.11 Å². The van der Waals surface area contributed by atoms with Crippen molar-refractivity contribution in [1.29, 1.82) is 0 Å². The van der Waals surface area contributed by atoms with Crippen LogP contribution in [-0.4, -0.2) is 43.5 Å². The maximum atomic E-state index is 13.1. The van der Waals surface area contributed by atoms with Gasteiger partial charge in [-0.1, -0.05) is 12.5 Å². The quantitative estimate of drug-likeness (QED) is 0.883. The van der Waals surface area contributed by atoms with Crippen molar-refractivity contribution in [2.45, 2.75) is 39.0 Å². The second kappa shape index (κ2) is 6.60. The average molecular weight is 356 g/mol. The molecule has 4 rings (SSSR count). The number of carbonyl (C=O) groups is 2. The lowest BCUT2D eigenvalue weighted by Gasteiger charge is -2.41. The molecule has 1 aromatic rings. The van der Waals surface area contributed by atoms with Crippen molar-refractivity contribution >= 4 is 11.8 Å². The number of nitrogens with zero attached hydrogens (tertiary/aromatic N) is 1. The zero-order valence-electron chi connectivity index (χ0n) is 15.7.